The van der Waals surface area contributed by atoms with Gasteiger partial charge in [-0.3, -0.25) is 14.6 Å². The lowest BCUT2D eigenvalue weighted by Gasteiger charge is -2.24. The molecule has 2 aliphatic rings. The molecule has 1 aromatic rings. The number of alkyl halides is 3. The molecule has 0 radical (unpaired) electrons. The third-order valence-corrected chi connectivity index (χ3v) is 5.39. The average molecular weight is 510 g/mol. The highest BCUT2D eigenvalue weighted by Gasteiger charge is 2.35. The predicted octanol–water partition coefficient (Wildman–Crippen LogP) is 3.21. The molecule has 6 N–H and O–H groups in total. The first-order valence-electron chi connectivity index (χ1n) is 11.2. The van der Waals surface area contributed by atoms with Crippen molar-refractivity contribution in [1.29, 1.82) is 0 Å². The molecule has 2 aliphatic carbocycles. The highest BCUT2D eigenvalue weighted by atomic mass is 19.4. The Labute approximate surface area is 205 Å². The third kappa shape index (κ3) is 6.87. The lowest BCUT2D eigenvalue weighted by molar-refractivity contribution is -0.117. The van der Waals surface area contributed by atoms with E-state index < -0.39 is 42.3 Å². The first-order chi connectivity index (χ1) is 17.0. The molecule has 194 valence electrons. The minimum atomic E-state index is -4.69. The molecular formula is C24H27F4N5O3. The number of rotatable bonds is 9. The SMILES string of the molecule is CCNC(=O)c1ccc(N(N)/C(COC2=C(F)CC(C(F)(F)F)=CC=C2)=C(\N)C(=O)NC2CC2)cc1. The second-order valence-electron chi connectivity index (χ2n) is 8.17. The monoisotopic (exact) mass is 509 g/mol. The second-order valence-corrected chi connectivity index (χ2v) is 8.17. The molecule has 0 unspecified atom stereocenters. The maximum Gasteiger partial charge on any atom is 0.413 e. The van der Waals surface area contributed by atoms with Gasteiger partial charge in [-0.2, -0.15) is 13.2 Å². The number of anilines is 1. The van der Waals surface area contributed by atoms with Crippen molar-refractivity contribution in [3.05, 3.63) is 76.6 Å². The van der Waals surface area contributed by atoms with E-state index in [0.717, 1.165) is 36.1 Å². The third-order valence-electron chi connectivity index (χ3n) is 5.39. The van der Waals surface area contributed by atoms with E-state index in [9.17, 15) is 27.2 Å². The maximum atomic E-state index is 14.5. The van der Waals surface area contributed by atoms with Gasteiger partial charge in [0.2, 0.25) is 0 Å². The van der Waals surface area contributed by atoms with Crippen LogP contribution in [0.3, 0.4) is 0 Å². The molecule has 0 heterocycles. The van der Waals surface area contributed by atoms with Gasteiger partial charge in [0.1, 0.15) is 23.8 Å². The van der Waals surface area contributed by atoms with Crippen LogP contribution in [0.5, 0.6) is 0 Å². The fourth-order valence-electron chi connectivity index (χ4n) is 3.21. The van der Waals surface area contributed by atoms with Crippen LogP contribution >= 0.6 is 0 Å². The van der Waals surface area contributed by atoms with Gasteiger partial charge in [-0.15, -0.1) is 0 Å². The van der Waals surface area contributed by atoms with Gasteiger partial charge in [-0.05, 0) is 50.1 Å². The Morgan fingerprint density at radius 1 is 1.19 bits per heavy atom. The first-order valence-corrected chi connectivity index (χ1v) is 11.2. The summed E-state index contributed by atoms with van der Waals surface area (Å²) in [6.07, 6.45) is -1.26. The number of allylic oxidation sites excluding steroid dienone is 5. The Morgan fingerprint density at radius 3 is 2.44 bits per heavy atom. The van der Waals surface area contributed by atoms with Crippen LogP contribution in [-0.2, 0) is 9.53 Å². The van der Waals surface area contributed by atoms with Crippen molar-refractivity contribution in [2.75, 3.05) is 18.2 Å². The van der Waals surface area contributed by atoms with Crippen molar-refractivity contribution >= 4 is 17.5 Å². The quantitative estimate of drug-likeness (QED) is 0.176. The smallest absolute Gasteiger partial charge is 0.413 e. The number of hydrogen-bond acceptors (Lipinski definition) is 6. The lowest BCUT2D eigenvalue weighted by Crippen LogP contribution is -2.39. The Bertz CT molecular complexity index is 1120. The lowest BCUT2D eigenvalue weighted by atomic mass is 10.1. The van der Waals surface area contributed by atoms with E-state index in [1.807, 2.05) is 0 Å². The highest BCUT2D eigenvalue weighted by Crippen LogP contribution is 2.34. The molecule has 12 heteroatoms. The summed E-state index contributed by atoms with van der Waals surface area (Å²) >= 11 is 0. The number of halogens is 4. The van der Waals surface area contributed by atoms with Crippen molar-refractivity contribution in [2.24, 2.45) is 11.6 Å². The molecule has 0 saturated heterocycles. The van der Waals surface area contributed by atoms with Gasteiger partial charge in [-0.25, -0.2) is 10.2 Å². The van der Waals surface area contributed by atoms with Crippen molar-refractivity contribution in [3.8, 4) is 0 Å². The van der Waals surface area contributed by atoms with Gasteiger partial charge in [0.25, 0.3) is 11.8 Å². The number of amides is 2. The van der Waals surface area contributed by atoms with Gasteiger partial charge < -0.3 is 21.1 Å². The van der Waals surface area contributed by atoms with Gasteiger partial charge in [0.15, 0.2) is 5.76 Å². The molecule has 3 rings (SSSR count). The minimum absolute atomic E-state index is 0.0161. The number of nitrogens with one attached hydrogen (secondary N) is 2. The van der Waals surface area contributed by atoms with Crippen LogP contribution < -0.4 is 27.2 Å². The van der Waals surface area contributed by atoms with Crippen molar-refractivity contribution in [3.63, 3.8) is 0 Å². The second kappa shape index (κ2) is 11.3. The first kappa shape index (κ1) is 26.8. The summed E-state index contributed by atoms with van der Waals surface area (Å²) < 4.78 is 59.0. The van der Waals surface area contributed by atoms with Crippen LogP contribution in [0.15, 0.2) is 71.0 Å². The molecule has 2 amide bonds. The summed E-state index contributed by atoms with van der Waals surface area (Å²) in [6, 6.07) is 6.04. The molecule has 36 heavy (non-hydrogen) atoms. The minimum Gasteiger partial charge on any atom is -0.485 e. The molecule has 0 atom stereocenters. The number of nitrogens with two attached hydrogens (primary N) is 2. The Morgan fingerprint density at radius 2 is 1.86 bits per heavy atom. The number of carbonyl (C=O) groups is 2. The number of hydrogen-bond donors (Lipinski definition) is 4. The fourth-order valence-corrected chi connectivity index (χ4v) is 3.21. The van der Waals surface area contributed by atoms with Gasteiger partial charge >= 0.3 is 6.18 Å². The van der Waals surface area contributed by atoms with E-state index in [2.05, 4.69) is 10.6 Å². The number of carbonyl (C=O) groups excluding carboxylic acids is 2. The molecule has 1 fully saturated rings. The van der Waals surface area contributed by atoms with Crippen LogP contribution in [0.25, 0.3) is 0 Å². The molecule has 0 spiro atoms. The van der Waals surface area contributed by atoms with Crippen LogP contribution in [-0.4, -0.2) is 37.2 Å². The Kier molecular flexibility index (Phi) is 8.41. The van der Waals surface area contributed by atoms with Crippen LogP contribution in [0.4, 0.5) is 23.2 Å². The summed E-state index contributed by atoms with van der Waals surface area (Å²) in [7, 11) is 0. The molecular weight excluding hydrogens is 482 g/mol. The average Bonchev–Trinajstić information content (AvgIpc) is 3.66. The van der Waals surface area contributed by atoms with E-state index in [0.29, 0.717) is 17.8 Å². The van der Waals surface area contributed by atoms with Gasteiger partial charge in [0, 0.05) is 30.1 Å². The van der Waals surface area contributed by atoms with E-state index in [1.165, 1.54) is 24.3 Å². The van der Waals surface area contributed by atoms with Crippen LogP contribution in [0.2, 0.25) is 0 Å². The zero-order valence-electron chi connectivity index (χ0n) is 19.5. The largest absolute Gasteiger partial charge is 0.485 e. The molecule has 0 aromatic heterocycles. The molecule has 8 nitrogen and oxygen atoms in total. The van der Waals surface area contributed by atoms with Gasteiger partial charge in [0.05, 0.1) is 5.69 Å². The highest BCUT2D eigenvalue weighted by molar-refractivity contribution is 5.95. The Balaban J connectivity index is 1.84. The summed E-state index contributed by atoms with van der Waals surface area (Å²) in [4.78, 5) is 24.6. The predicted molar refractivity (Wildman–Crippen MR) is 125 cm³/mol. The zero-order valence-corrected chi connectivity index (χ0v) is 19.5. The van der Waals surface area contributed by atoms with Crippen molar-refractivity contribution < 1.29 is 31.9 Å². The van der Waals surface area contributed by atoms with E-state index in [4.69, 9.17) is 16.3 Å². The van der Waals surface area contributed by atoms with Crippen LogP contribution in [0, 0.1) is 0 Å². The molecule has 0 aliphatic heterocycles. The standard InChI is InChI=1S/C24H27F4N5O3/c1-2-31-22(34)14-6-10-17(11-7-14)33(30)19(21(29)23(35)32-16-8-9-16)13-36-20-5-3-4-15(12-18(20)25)24(26,27)28/h3-7,10-11,16H,2,8-9,12-13,29-30H2,1H3,(H,31,34)(H,32,35)/b21-19-. The number of benzene rings is 1. The number of nitrogens with zero attached hydrogens (tertiary/aromatic N) is 1. The van der Waals surface area contributed by atoms with Crippen LogP contribution in [0.1, 0.15) is 36.5 Å². The van der Waals surface area contributed by atoms with Crippen molar-refractivity contribution in [2.45, 2.75) is 38.4 Å². The molecule has 1 aromatic carbocycles. The van der Waals surface area contributed by atoms with Gasteiger partial charge in [-0.1, -0.05) is 12.2 Å². The number of ether oxygens (including phenoxy) is 1. The molecule has 1 saturated carbocycles. The zero-order chi connectivity index (χ0) is 26.5. The van der Waals surface area contributed by atoms with E-state index in [-0.39, 0.29) is 23.3 Å². The maximum absolute atomic E-state index is 14.5. The number of hydrazine groups is 1. The normalized spacial score (nSPS) is 16.6. The van der Waals surface area contributed by atoms with E-state index >= 15 is 0 Å². The summed E-state index contributed by atoms with van der Waals surface area (Å²) in [6.45, 7) is 1.70. The summed E-state index contributed by atoms with van der Waals surface area (Å²) in [5.74, 6) is 3.73. The topological polar surface area (TPSA) is 123 Å². The summed E-state index contributed by atoms with van der Waals surface area (Å²) in [5, 5.41) is 6.42. The Hall–Kier alpha value is -3.80. The molecule has 0 bridgehead atoms. The fraction of sp³-hybridized carbons (Fsp3) is 0.333. The summed E-state index contributed by atoms with van der Waals surface area (Å²) in [5.41, 5.74) is 5.35. The van der Waals surface area contributed by atoms with E-state index in [1.54, 1.807) is 6.92 Å². The van der Waals surface area contributed by atoms with Crippen molar-refractivity contribution in [1.82, 2.24) is 10.6 Å².